The maximum Gasteiger partial charge on any atom is 0.251 e. The molecule has 1 aliphatic rings. The number of carbonyl (C=O) groups is 3. The first-order valence-electron chi connectivity index (χ1n) is 9.83. The Balaban J connectivity index is 1.57. The number of fused-ring (bicyclic) bond motifs is 1. The van der Waals surface area contributed by atoms with Gasteiger partial charge in [-0.25, -0.2) is 0 Å². The van der Waals surface area contributed by atoms with E-state index in [1.54, 1.807) is 42.3 Å². The quantitative estimate of drug-likeness (QED) is 0.634. The molecule has 156 valence electrons. The summed E-state index contributed by atoms with van der Waals surface area (Å²) < 4.78 is 0. The Morgan fingerprint density at radius 1 is 1.13 bits per heavy atom. The van der Waals surface area contributed by atoms with E-state index in [1.165, 1.54) is 6.08 Å². The molecule has 0 bridgehead atoms. The molecule has 3 rings (SSSR count). The van der Waals surface area contributed by atoms with Crippen LogP contribution in [0.5, 0.6) is 0 Å². The molecule has 7 heteroatoms. The van der Waals surface area contributed by atoms with Crippen LogP contribution in [0.1, 0.15) is 33.5 Å². The van der Waals surface area contributed by atoms with Crippen molar-refractivity contribution >= 4 is 29.5 Å². The zero-order valence-corrected chi connectivity index (χ0v) is 16.9. The molecule has 1 aliphatic heterocycles. The van der Waals surface area contributed by atoms with Crippen LogP contribution >= 0.6 is 0 Å². The molecule has 0 spiro atoms. The zero-order chi connectivity index (χ0) is 21.5. The summed E-state index contributed by atoms with van der Waals surface area (Å²) in [5, 5.41) is 14.7. The highest BCUT2D eigenvalue weighted by molar-refractivity contribution is 6.00. The van der Waals surface area contributed by atoms with Crippen LogP contribution in [-0.2, 0) is 22.6 Å². The second-order valence-electron chi connectivity index (χ2n) is 6.97. The number of nitrogens with zero attached hydrogens (tertiary/aromatic N) is 1. The highest BCUT2D eigenvalue weighted by Crippen LogP contribution is 2.29. The highest BCUT2D eigenvalue weighted by atomic mass is 16.3. The average molecular weight is 407 g/mol. The van der Waals surface area contributed by atoms with Gasteiger partial charge in [0.15, 0.2) is 0 Å². The molecule has 3 N–H and O–H groups in total. The number of nitrogens with one attached hydrogen (secondary N) is 2. The lowest BCUT2D eigenvalue weighted by Gasteiger charge is -2.30. The number of amides is 3. The third-order valence-electron chi connectivity index (χ3n) is 5.06. The minimum atomic E-state index is -0.375. The van der Waals surface area contributed by atoms with Gasteiger partial charge in [-0.15, -0.1) is 0 Å². The van der Waals surface area contributed by atoms with E-state index in [0.717, 1.165) is 35.2 Å². The summed E-state index contributed by atoms with van der Waals surface area (Å²) in [4.78, 5) is 38.0. The van der Waals surface area contributed by atoms with Crippen LogP contribution in [0.2, 0.25) is 0 Å². The number of benzene rings is 2. The topological polar surface area (TPSA) is 98.7 Å². The summed E-state index contributed by atoms with van der Waals surface area (Å²) in [6.07, 6.45) is 4.62. The van der Waals surface area contributed by atoms with Crippen molar-refractivity contribution in [2.24, 2.45) is 0 Å². The van der Waals surface area contributed by atoms with E-state index in [4.69, 9.17) is 0 Å². The monoisotopic (exact) mass is 407 g/mol. The molecule has 0 unspecified atom stereocenters. The van der Waals surface area contributed by atoms with Crippen LogP contribution in [0.25, 0.3) is 6.08 Å². The fourth-order valence-corrected chi connectivity index (χ4v) is 3.48. The van der Waals surface area contributed by atoms with Crippen LogP contribution in [0.15, 0.2) is 48.5 Å². The van der Waals surface area contributed by atoms with Gasteiger partial charge in [0, 0.05) is 30.9 Å². The average Bonchev–Trinajstić information content (AvgIpc) is 2.80. The molecule has 0 radical (unpaired) electrons. The molecule has 0 aliphatic carbocycles. The predicted molar refractivity (Wildman–Crippen MR) is 115 cm³/mol. The Morgan fingerprint density at radius 3 is 2.60 bits per heavy atom. The number of anilines is 1. The Bertz CT molecular complexity index is 967. The fraction of sp³-hybridized carbons (Fsp3) is 0.261. The van der Waals surface area contributed by atoms with Crippen molar-refractivity contribution in [3.8, 4) is 0 Å². The van der Waals surface area contributed by atoms with Gasteiger partial charge in [0.05, 0.1) is 13.2 Å². The summed E-state index contributed by atoms with van der Waals surface area (Å²) in [5.74, 6) is -0.741. The van der Waals surface area contributed by atoms with Gasteiger partial charge in [-0.2, -0.15) is 0 Å². The third-order valence-corrected chi connectivity index (χ3v) is 5.06. The van der Waals surface area contributed by atoms with Gasteiger partial charge < -0.3 is 20.6 Å². The summed E-state index contributed by atoms with van der Waals surface area (Å²) in [7, 11) is 1.57. The van der Waals surface area contributed by atoms with Crippen molar-refractivity contribution in [1.29, 1.82) is 0 Å². The highest BCUT2D eigenvalue weighted by Gasteiger charge is 2.23. The normalized spacial score (nSPS) is 13.1. The molecule has 2 aromatic carbocycles. The summed E-state index contributed by atoms with van der Waals surface area (Å²) >= 11 is 0. The summed E-state index contributed by atoms with van der Waals surface area (Å²) in [6.45, 7) is 0.419. The van der Waals surface area contributed by atoms with Crippen LogP contribution in [0, 0.1) is 0 Å². The molecule has 0 saturated carbocycles. The van der Waals surface area contributed by atoms with Crippen molar-refractivity contribution in [3.63, 3.8) is 0 Å². The number of rotatable bonds is 6. The zero-order valence-electron chi connectivity index (χ0n) is 16.9. The Morgan fingerprint density at radius 2 is 1.90 bits per heavy atom. The van der Waals surface area contributed by atoms with Gasteiger partial charge in [0.1, 0.15) is 0 Å². The maximum atomic E-state index is 12.7. The Hall–Kier alpha value is -3.45. The van der Waals surface area contributed by atoms with E-state index in [2.05, 4.69) is 10.6 Å². The standard InChI is InChI=1S/C23H25N3O4/c1-24-23(30)17-10-7-16(8-11-17)9-12-21(28)25-14-22(29)26-13-3-5-19-18(15-27)4-2-6-20(19)26/h2,4,6-12,27H,3,5,13-15H2,1H3,(H,24,30)(H,25,28). The Kier molecular flexibility index (Phi) is 6.98. The molecular formula is C23H25N3O4. The number of carbonyl (C=O) groups excluding carboxylic acids is 3. The second-order valence-corrected chi connectivity index (χ2v) is 6.97. The van der Waals surface area contributed by atoms with Crippen molar-refractivity contribution < 1.29 is 19.5 Å². The lowest BCUT2D eigenvalue weighted by molar-refractivity contribution is -0.122. The van der Waals surface area contributed by atoms with Crippen LogP contribution in [-0.4, -0.2) is 43.0 Å². The van der Waals surface area contributed by atoms with E-state index >= 15 is 0 Å². The summed E-state index contributed by atoms with van der Waals surface area (Å²) in [5.41, 5.74) is 3.94. The molecule has 1 heterocycles. The van der Waals surface area contributed by atoms with Crippen molar-refractivity contribution in [3.05, 3.63) is 70.8 Å². The lowest BCUT2D eigenvalue weighted by atomic mass is 9.96. The summed E-state index contributed by atoms with van der Waals surface area (Å²) in [6, 6.07) is 12.4. The molecule has 0 atom stereocenters. The largest absolute Gasteiger partial charge is 0.392 e. The number of hydrogen-bond acceptors (Lipinski definition) is 4. The second kappa shape index (κ2) is 9.84. The van der Waals surface area contributed by atoms with Gasteiger partial charge in [-0.05, 0) is 53.8 Å². The van der Waals surface area contributed by atoms with Crippen molar-refractivity contribution in [2.75, 3.05) is 25.0 Å². The van der Waals surface area contributed by atoms with Crippen LogP contribution in [0.4, 0.5) is 5.69 Å². The van der Waals surface area contributed by atoms with Gasteiger partial charge in [-0.1, -0.05) is 24.3 Å². The van der Waals surface area contributed by atoms with Gasteiger partial charge in [0.25, 0.3) is 5.91 Å². The molecule has 3 amide bonds. The van der Waals surface area contributed by atoms with Crippen LogP contribution < -0.4 is 15.5 Å². The first-order chi connectivity index (χ1) is 14.5. The van der Waals surface area contributed by atoms with E-state index < -0.39 is 0 Å². The van der Waals surface area contributed by atoms with Gasteiger partial charge in [-0.3, -0.25) is 14.4 Å². The van der Waals surface area contributed by atoms with Gasteiger partial charge >= 0.3 is 0 Å². The van der Waals surface area contributed by atoms with E-state index in [-0.39, 0.29) is 30.9 Å². The maximum absolute atomic E-state index is 12.7. The number of aliphatic hydroxyl groups is 1. The molecular weight excluding hydrogens is 382 g/mol. The number of aliphatic hydroxyl groups excluding tert-OH is 1. The lowest BCUT2D eigenvalue weighted by Crippen LogP contribution is -2.42. The first-order valence-corrected chi connectivity index (χ1v) is 9.83. The van der Waals surface area contributed by atoms with Crippen molar-refractivity contribution in [1.82, 2.24) is 10.6 Å². The molecule has 30 heavy (non-hydrogen) atoms. The van der Waals surface area contributed by atoms with E-state index in [9.17, 15) is 19.5 Å². The molecule has 7 nitrogen and oxygen atoms in total. The van der Waals surface area contributed by atoms with E-state index in [1.807, 2.05) is 18.2 Å². The van der Waals surface area contributed by atoms with Crippen molar-refractivity contribution in [2.45, 2.75) is 19.4 Å². The molecule has 0 saturated heterocycles. The fourth-order valence-electron chi connectivity index (χ4n) is 3.48. The number of hydrogen-bond donors (Lipinski definition) is 3. The molecule has 0 fully saturated rings. The third kappa shape index (κ3) is 4.93. The molecule has 2 aromatic rings. The predicted octanol–water partition coefficient (Wildman–Crippen LogP) is 1.65. The minimum absolute atomic E-state index is 0.0587. The Labute approximate surface area is 175 Å². The van der Waals surface area contributed by atoms with Gasteiger partial charge in [0.2, 0.25) is 11.8 Å². The smallest absolute Gasteiger partial charge is 0.251 e. The molecule has 0 aromatic heterocycles. The van der Waals surface area contributed by atoms with Crippen LogP contribution in [0.3, 0.4) is 0 Å². The SMILES string of the molecule is CNC(=O)c1ccc(C=CC(=O)NCC(=O)N2CCCc3c(CO)cccc32)cc1. The minimum Gasteiger partial charge on any atom is -0.392 e. The van der Waals surface area contributed by atoms with E-state index in [0.29, 0.717) is 12.1 Å². The first kappa shape index (κ1) is 21.3.